The predicted octanol–water partition coefficient (Wildman–Crippen LogP) is 6.08. The molecule has 4 aliphatic rings. The van der Waals surface area contributed by atoms with Crippen molar-refractivity contribution in [1.82, 2.24) is 20.0 Å². The molecule has 3 aromatic rings. The van der Waals surface area contributed by atoms with Gasteiger partial charge in [-0.3, -0.25) is 39.1 Å². The number of aromatic hydroxyl groups is 1. The fraction of sp³-hybridized carbons (Fsp3) is 0.467. The summed E-state index contributed by atoms with van der Waals surface area (Å²) in [6.45, 7) is 7.77. The molecule has 0 bridgehead atoms. The first-order valence-corrected chi connectivity index (χ1v) is 21.1. The lowest BCUT2D eigenvalue weighted by Gasteiger charge is -2.39. The Balaban J connectivity index is 0.000000512. The Morgan fingerprint density at radius 1 is 0.915 bits per heavy atom. The van der Waals surface area contributed by atoms with Crippen LogP contribution in [0.1, 0.15) is 101 Å². The smallest absolute Gasteiger partial charge is 0.262 e. The molecular formula is C45H54ClN7O6. The Kier molecular flexibility index (Phi) is 14.6. The van der Waals surface area contributed by atoms with E-state index >= 15 is 0 Å². The molecule has 0 spiro atoms. The number of hydrogen-bond acceptors (Lipinski definition) is 10. The van der Waals surface area contributed by atoms with Crippen molar-refractivity contribution in [1.29, 1.82) is 5.26 Å². The topological polar surface area (TPSA) is 158 Å². The molecule has 2 saturated heterocycles. The maximum absolute atomic E-state index is 13.4. The number of nitriles is 1. The van der Waals surface area contributed by atoms with Crippen LogP contribution in [0.4, 0.5) is 11.4 Å². The first kappa shape index (κ1) is 43.1. The van der Waals surface area contributed by atoms with Gasteiger partial charge in [0.1, 0.15) is 17.9 Å². The Bertz CT molecular complexity index is 2030. The molecule has 7 rings (SSSR count). The minimum atomic E-state index is -1.02. The third-order valence-electron chi connectivity index (χ3n) is 12.2. The van der Waals surface area contributed by atoms with Crippen molar-refractivity contribution in [2.45, 2.75) is 76.8 Å². The van der Waals surface area contributed by atoms with Crippen LogP contribution in [0.5, 0.6) is 5.75 Å². The van der Waals surface area contributed by atoms with E-state index in [2.05, 4.69) is 39.2 Å². The molecule has 1 aliphatic carbocycles. The summed E-state index contributed by atoms with van der Waals surface area (Å²) >= 11 is 5.55. The van der Waals surface area contributed by atoms with Gasteiger partial charge in [-0.15, -0.1) is 0 Å². The lowest BCUT2D eigenvalue weighted by Crippen LogP contribution is -2.50. The molecule has 5 amide bonds. The van der Waals surface area contributed by atoms with Gasteiger partial charge in [0.25, 0.3) is 17.7 Å². The number of piperazine rings is 1. The van der Waals surface area contributed by atoms with Crippen LogP contribution in [-0.2, 0) is 9.59 Å². The van der Waals surface area contributed by atoms with E-state index in [1.807, 2.05) is 36.1 Å². The molecule has 3 fully saturated rings. The summed E-state index contributed by atoms with van der Waals surface area (Å²) in [6, 6.07) is 19.2. The summed E-state index contributed by atoms with van der Waals surface area (Å²) in [6.07, 6.45) is 9.59. The van der Waals surface area contributed by atoms with E-state index in [1.165, 1.54) is 56.0 Å². The maximum atomic E-state index is 13.4. The van der Waals surface area contributed by atoms with Gasteiger partial charge >= 0.3 is 0 Å². The molecule has 3 heterocycles. The molecule has 312 valence electrons. The van der Waals surface area contributed by atoms with Crippen molar-refractivity contribution >= 4 is 53.0 Å². The summed E-state index contributed by atoms with van der Waals surface area (Å²) in [5.74, 6) is -0.905. The van der Waals surface area contributed by atoms with Crippen LogP contribution in [0.3, 0.4) is 0 Å². The van der Waals surface area contributed by atoms with Crippen molar-refractivity contribution in [3.63, 3.8) is 0 Å². The van der Waals surface area contributed by atoms with Crippen LogP contribution in [0.15, 0.2) is 60.7 Å². The average molecular weight is 824 g/mol. The number of nitrogens with zero attached hydrogens (tertiary/aromatic N) is 6. The Morgan fingerprint density at radius 2 is 1.59 bits per heavy atom. The third-order valence-corrected chi connectivity index (χ3v) is 12.5. The van der Waals surface area contributed by atoms with Gasteiger partial charge in [0.2, 0.25) is 12.3 Å². The number of halogens is 1. The van der Waals surface area contributed by atoms with Gasteiger partial charge in [0.15, 0.2) is 0 Å². The minimum absolute atomic E-state index is 0.0731. The zero-order valence-electron chi connectivity index (χ0n) is 33.9. The highest BCUT2D eigenvalue weighted by atomic mass is 35.5. The molecule has 0 radical (unpaired) electrons. The van der Waals surface area contributed by atoms with E-state index in [1.54, 1.807) is 12.1 Å². The zero-order valence-corrected chi connectivity index (χ0v) is 34.7. The molecule has 2 N–H and O–H groups in total. The van der Waals surface area contributed by atoms with Crippen LogP contribution in [0.2, 0.25) is 5.02 Å². The third kappa shape index (κ3) is 10.2. The number of carbonyl (C=O) groups excluding carboxylic acids is 5. The zero-order chi connectivity index (χ0) is 42.1. The van der Waals surface area contributed by atoms with Crippen molar-refractivity contribution in [2.75, 3.05) is 62.7 Å². The molecule has 1 saturated carbocycles. The van der Waals surface area contributed by atoms with Crippen LogP contribution < -0.4 is 15.1 Å². The van der Waals surface area contributed by atoms with Gasteiger partial charge in [0.05, 0.1) is 21.7 Å². The van der Waals surface area contributed by atoms with Crippen molar-refractivity contribution < 1.29 is 29.1 Å². The molecule has 1 atom stereocenters. The Labute approximate surface area is 351 Å². The number of carbonyl (C=O) groups is 5. The van der Waals surface area contributed by atoms with Gasteiger partial charge in [0, 0.05) is 75.8 Å². The second-order valence-corrected chi connectivity index (χ2v) is 16.3. The van der Waals surface area contributed by atoms with E-state index in [4.69, 9.17) is 22.0 Å². The van der Waals surface area contributed by atoms with Crippen molar-refractivity contribution in [3.8, 4) is 11.8 Å². The van der Waals surface area contributed by atoms with Crippen LogP contribution in [0.25, 0.3) is 0 Å². The number of rotatable bonds is 11. The average Bonchev–Trinajstić information content (AvgIpc) is 3.51. The number of nitrogens with one attached hydrogen (secondary N) is 1. The monoisotopic (exact) mass is 823 g/mol. The van der Waals surface area contributed by atoms with E-state index in [0.29, 0.717) is 35.1 Å². The van der Waals surface area contributed by atoms with Crippen LogP contribution in [-0.4, -0.2) is 115 Å². The number of piperidine rings is 1. The molecular weight excluding hydrogens is 770 g/mol. The first-order chi connectivity index (χ1) is 28.5. The summed E-state index contributed by atoms with van der Waals surface area (Å²) < 4.78 is 0. The van der Waals surface area contributed by atoms with Gasteiger partial charge in [-0.2, -0.15) is 5.26 Å². The SMILES string of the molecule is CCCC(C(=O)NC=O)N1C(=O)c2ccc(N3CCC(CN4CCN(C(=O)c5ccc(N(C)C6CCCCC6)cc5)CC4)CC3)cc2C1=O.N#Cc1ccc(O)cc1Cl. The highest BCUT2D eigenvalue weighted by molar-refractivity contribution is 6.31. The number of fused-ring (bicyclic) bond motifs is 1. The minimum Gasteiger partial charge on any atom is -0.508 e. The maximum Gasteiger partial charge on any atom is 0.262 e. The number of phenols is 1. The first-order valence-electron chi connectivity index (χ1n) is 20.8. The lowest BCUT2D eigenvalue weighted by molar-refractivity contribution is -0.128. The van der Waals surface area contributed by atoms with Gasteiger partial charge in [-0.25, -0.2) is 0 Å². The summed E-state index contributed by atoms with van der Waals surface area (Å²) in [5.41, 5.74) is 3.81. The summed E-state index contributed by atoms with van der Waals surface area (Å²) in [4.78, 5) is 73.3. The normalized spacial score (nSPS) is 18.0. The quantitative estimate of drug-likeness (QED) is 0.172. The Hall–Kier alpha value is -5.45. The van der Waals surface area contributed by atoms with Crippen LogP contribution >= 0.6 is 11.6 Å². The molecule has 59 heavy (non-hydrogen) atoms. The standard InChI is InChI=1S/C38H50N6O5.C7H4ClNO/c1-3-7-34(35(46)39-26-45)44-37(48)32-15-14-31(24-33(32)38(44)49)42-18-16-27(17-19-42)25-41-20-22-43(23-21-41)36(47)28-10-12-30(13-11-28)40(2)29-8-5-4-6-9-29;8-7-3-6(10)2-1-5(7)4-9/h10-15,24,26-27,29,34H,3-9,16-23,25H2,1-2H3,(H,39,45,46);1-3,10H. The van der Waals surface area contributed by atoms with E-state index in [0.717, 1.165) is 74.8 Å². The Morgan fingerprint density at radius 3 is 2.22 bits per heavy atom. The summed E-state index contributed by atoms with van der Waals surface area (Å²) in [5, 5.41) is 19.6. The van der Waals surface area contributed by atoms with E-state index < -0.39 is 23.8 Å². The second-order valence-electron chi connectivity index (χ2n) is 15.9. The van der Waals surface area contributed by atoms with Crippen molar-refractivity contribution in [3.05, 3.63) is 87.9 Å². The highest BCUT2D eigenvalue weighted by Crippen LogP contribution is 2.32. The van der Waals surface area contributed by atoms with Crippen LogP contribution in [0, 0.1) is 17.2 Å². The fourth-order valence-corrected chi connectivity index (χ4v) is 8.92. The highest BCUT2D eigenvalue weighted by Gasteiger charge is 2.43. The number of anilines is 2. The number of phenolic OH excluding ortho intramolecular Hbond substituents is 1. The number of amides is 5. The second kappa shape index (κ2) is 20.0. The molecule has 3 aromatic carbocycles. The fourth-order valence-electron chi connectivity index (χ4n) is 8.70. The van der Waals surface area contributed by atoms with E-state index in [9.17, 15) is 24.0 Å². The lowest BCUT2D eigenvalue weighted by atomic mass is 9.94. The van der Waals surface area contributed by atoms with Gasteiger partial charge < -0.3 is 19.8 Å². The largest absolute Gasteiger partial charge is 0.508 e. The molecule has 1 unspecified atom stereocenters. The molecule has 0 aromatic heterocycles. The number of imide groups is 2. The van der Waals surface area contributed by atoms with Crippen molar-refractivity contribution in [2.24, 2.45) is 5.92 Å². The molecule has 14 heteroatoms. The van der Waals surface area contributed by atoms with Gasteiger partial charge in [-0.05, 0) is 98.7 Å². The van der Waals surface area contributed by atoms with Gasteiger partial charge in [-0.1, -0.05) is 44.2 Å². The van der Waals surface area contributed by atoms with E-state index in [-0.39, 0.29) is 29.5 Å². The number of benzene rings is 3. The predicted molar refractivity (Wildman–Crippen MR) is 227 cm³/mol. The molecule has 13 nitrogen and oxygen atoms in total. The summed E-state index contributed by atoms with van der Waals surface area (Å²) in [7, 11) is 2.17. The number of hydrogen-bond donors (Lipinski definition) is 2. The molecule has 3 aliphatic heterocycles.